The van der Waals surface area contributed by atoms with E-state index in [1.54, 1.807) is 7.05 Å². The highest BCUT2D eigenvalue weighted by atomic mass is 16.5. The van der Waals surface area contributed by atoms with Crippen molar-refractivity contribution in [2.75, 3.05) is 33.4 Å². The molecule has 23 heavy (non-hydrogen) atoms. The first-order valence-electron chi connectivity index (χ1n) is 8.58. The maximum Gasteiger partial charge on any atom is 0.190 e. The summed E-state index contributed by atoms with van der Waals surface area (Å²) in [5.41, 5.74) is 1.22. The van der Waals surface area contributed by atoms with Gasteiger partial charge < -0.3 is 20.1 Å². The van der Waals surface area contributed by atoms with Crippen molar-refractivity contribution in [3.63, 3.8) is 0 Å². The van der Waals surface area contributed by atoms with Crippen molar-refractivity contribution >= 4 is 5.96 Å². The smallest absolute Gasteiger partial charge is 0.190 e. The molecule has 1 aromatic carbocycles. The Balaban J connectivity index is 2.51. The highest BCUT2D eigenvalue weighted by molar-refractivity contribution is 5.79. The molecule has 1 aromatic rings. The fourth-order valence-corrected chi connectivity index (χ4v) is 2.18. The molecule has 0 saturated carbocycles. The first-order valence-corrected chi connectivity index (χ1v) is 8.58. The Hall–Kier alpha value is -1.91. The molecule has 0 aliphatic rings. The van der Waals surface area contributed by atoms with Crippen LogP contribution < -0.4 is 20.1 Å². The number of nitrogens with zero attached hydrogens (tertiary/aromatic N) is 1. The Morgan fingerprint density at radius 2 is 1.70 bits per heavy atom. The van der Waals surface area contributed by atoms with Gasteiger partial charge in [0, 0.05) is 20.1 Å². The largest absolute Gasteiger partial charge is 0.490 e. The molecule has 0 atom stereocenters. The Morgan fingerprint density at radius 3 is 2.35 bits per heavy atom. The van der Waals surface area contributed by atoms with E-state index in [-0.39, 0.29) is 0 Å². The molecule has 0 spiro atoms. The molecule has 0 aromatic heterocycles. The highest BCUT2D eigenvalue weighted by Gasteiger charge is 2.06. The van der Waals surface area contributed by atoms with Crippen LogP contribution in [-0.4, -0.2) is 39.3 Å². The zero-order valence-corrected chi connectivity index (χ0v) is 14.9. The number of benzene rings is 1. The van der Waals surface area contributed by atoms with Gasteiger partial charge in [0.2, 0.25) is 0 Å². The molecule has 5 heteroatoms. The van der Waals surface area contributed by atoms with Crippen molar-refractivity contribution in [3.05, 3.63) is 23.8 Å². The molecule has 5 nitrogen and oxygen atoms in total. The maximum atomic E-state index is 5.66. The van der Waals surface area contributed by atoms with Crippen LogP contribution in [0.25, 0.3) is 0 Å². The van der Waals surface area contributed by atoms with Gasteiger partial charge in [-0.2, -0.15) is 0 Å². The van der Waals surface area contributed by atoms with E-state index < -0.39 is 0 Å². The van der Waals surface area contributed by atoms with Gasteiger partial charge in [-0.25, -0.2) is 0 Å². The topological polar surface area (TPSA) is 54.9 Å². The first-order chi connectivity index (χ1) is 11.2. The quantitative estimate of drug-likeness (QED) is 0.395. The lowest BCUT2D eigenvalue weighted by Crippen LogP contribution is -2.38. The average molecular weight is 321 g/mol. The summed E-state index contributed by atoms with van der Waals surface area (Å²) in [5, 5.41) is 6.64. The Bertz CT molecular complexity index is 475. The first kappa shape index (κ1) is 19.1. The summed E-state index contributed by atoms with van der Waals surface area (Å²) in [6.07, 6.45) is 3.23. The van der Waals surface area contributed by atoms with Gasteiger partial charge in [-0.1, -0.05) is 19.4 Å². The van der Waals surface area contributed by atoms with Gasteiger partial charge in [-0.05, 0) is 44.4 Å². The predicted octanol–water partition coefficient (Wildman–Crippen LogP) is 2.99. The number of unbranched alkanes of at least 4 members (excludes halogenated alkanes) is 1. The summed E-state index contributed by atoms with van der Waals surface area (Å²) in [7, 11) is 1.80. The second kappa shape index (κ2) is 11.6. The lowest BCUT2D eigenvalue weighted by molar-refractivity contribution is 0.287. The summed E-state index contributed by atoms with van der Waals surface area (Å²) in [6, 6.07) is 6.13. The standard InChI is InChI=1S/C18H31N3O2/c1-5-8-12-20-18(19-4)21-13-11-15-9-10-16(22-6-2)17(14-15)23-7-3/h9-10,14H,5-8,11-13H2,1-4H3,(H2,19,20,21). The fourth-order valence-electron chi connectivity index (χ4n) is 2.18. The van der Waals surface area contributed by atoms with Crippen LogP contribution in [0.4, 0.5) is 0 Å². The van der Waals surface area contributed by atoms with E-state index in [1.807, 2.05) is 19.9 Å². The van der Waals surface area contributed by atoms with Crippen molar-refractivity contribution in [2.45, 2.75) is 40.0 Å². The summed E-state index contributed by atoms with van der Waals surface area (Å²) in [5.74, 6) is 2.48. The van der Waals surface area contributed by atoms with Crippen molar-refractivity contribution in [1.82, 2.24) is 10.6 Å². The van der Waals surface area contributed by atoms with Gasteiger partial charge in [0.25, 0.3) is 0 Å². The summed E-state index contributed by atoms with van der Waals surface area (Å²) in [4.78, 5) is 4.23. The second-order valence-electron chi connectivity index (χ2n) is 5.18. The Morgan fingerprint density at radius 1 is 1.00 bits per heavy atom. The van der Waals surface area contributed by atoms with E-state index in [2.05, 4.69) is 34.7 Å². The van der Waals surface area contributed by atoms with Crippen molar-refractivity contribution in [1.29, 1.82) is 0 Å². The lowest BCUT2D eigenvalue weighted by Gasteiger charge is -2.14. The molecule has 0 unspecified atom stereocenters. The normalized spacial score (nSPS) is 11.2. The number of ether oxygens (including phenoxy) is 2. The average Bonchev–Trinajstić information content (AvgIpc) is 2.56. The van der Waals surface area contributed by atoms with Crippen LogP contribution in [-0.2, 0) is 6.42 Å². The van der Waals surface area contributed by atoms with Crippen molar-refractivity contribution in [2.24, 2.45) is 4.99 Å². The van der Waals surface area contributed by atoms with Crippen LogP contribution in [0.3, 0.4) is 0 Å². The number of nitrogens with one attached hydrogen (secondary N) is 2. The van der Waals surface area contributed by atoms with E-state index in [0.717, 1.165) is 43.4 Å². The summed E-state index contributed by atoms with van der Waals surface area (Å²) >= 11 is 0. The van der Waals surface area contributed by atoms with E-state index in [9.17, 15) is 0 Å². The lowest BCUT2D eigenvalue weighted by atomic mass is 10.1. The molecule has 1 rings (SSSR count). The molecule has 0 amide bonds. The van der Waals surface area contributed by atoms with Gasteiger partial charge >= 0.3 is 0 Å². The molecule has 0 fully saturated rings. The van der Waals surface area contributed by atoms with E-state index >= 15 is 0 Å². The highest BCUT2D eigenvalue weighted by Crippen LogP contribution is 2.28. The van der Waals surface area contributed by atoms with E-state index in [1.165, 1.54) is 12.0 Å². The van der Waals surface area contributed by atoms with Gasteiger partial charge in [0.15, 0.2) is 17.5 Å². The number of hydrogen-bond acceptors (Lipinski definition) is 3. The second-order valence-corrected chi connectivity index (χ2v) is 5.18. The Kier molecular flexibility index (Phi) is 9.68. The van der Waals surface area contributed by atoms with Crippen LogP contribution in [0.5, 0.6) is 11.5 Å². The molecule has 0 saturated heterocycles. The minimum absolute atomic E-state index is 0.635. The molecule has 2 N–H and O–H groups in total. The van der Waals surface area contributed by atoms with Crippen LogP contribution >= 0.6 is 0 Å². The number of rotatable bonds is 10. The van der Waals surface area contributed by atoms with Crippen molar-refractivity contribution in [3.8, 4) is 11.5 Å². The minimum atomic E-state index is 0.635. The number of hydrogen-bond donors (Lipinski definition) is 2. The molecule has 0 aliphatic heterocycles. The Labute approximate surface area is 140 Å². The molecule has 0 heterocycles. The zero-order chi connectivity index (χ0) is 16.9. The molecule has 0 aliphatic carbocycles. The predicted molar refractivity (Wildman–Crippen MR) is 96.8 cm³/mol. The molecular weight excluding hydrogens is 290 g/mol. The third-order valence-corrected chi connectivity index (χ3v) is 3.36. The third kappa shape index (κ3) is 7.26. The van der Waals surface area contributed by atoms with E-state index in [4.69, 9.17) is 9.47 Å². The van der Waals surface area contributed by atoms with Crippen LogP contribution in [0.1, 0.15) is 39.2 Å². The molecule has 130 valence electrons. The summed E-state index contributed by atoms with van der Waals surface area (Å²) in [6.45, 7) is 9.19. The SMILES string of the molecule is CCCCNC(=NC)NCCc1ccc(OCC)c(OCC)c1. The number of aliphatic imine (C=N–C) groups is 1. The monoisotopic (exact) mass is 321 g/mol. The third-order valence-electron chi connectivity index (χ3n) is 3.36. The van der Waals surface area contributed by atoms with Gasteiger partial charge in [-0.15, -0.1) is 0 Å². The maximum absolute atomic E-state index is 5.66. The number of guanidine groups is 1. The minimum Gasteiger partial charge on any atom is -0.490 e. The fraction of sp³-hybridized carbons (Fsp3) is 0.611. The van der Waals surface area contributed by atoms with Crippen molar-refractivity contribution < 1.29 is 9.47 Å². The zero-order valence-electron chi connectivity index (χ0n) is 14.9. The van der Waals surface area contributed by atoms with Gasteiger partial charge in [0.1, 0.15) is 0 Å². The summed E-state index contributed by atoms with van der Waals surface area (Å²) < 4.78 is 11.3. The van der Waals surface area contributed by atoms with Gasteiger partial charge in [-0.3, -0.25) is 4.99 Å². The molecule has 0 radical (unpaired) electrons. The van der Waals surface area contributed by atoms with Gasteiger partial charge in [0.05, 0.1) is 13.2 Å². The van der Waals surface area contributed by atoms with Crippen LogP contribution in [0, 0.1) is 0 Å². The molecular formula is C18H31N3O2. The van der Waals surface area contributed by atoms with E-state index in [0.29, 0.717) is 13.2 Å². The van der Waals surface area contributed by atoms with Crippen LogP contribution in [0.15, 0.2) is 23.2 Å². The van der Waals surface area contributed by atoms with Crippen LogP contribution in [0.2, 0.25) is 0 Å². The molecule has 0 bridgehead atoms.